The molecule has 0 unspecified atom stereocenters. The fourth-order valence-electron chi connectivity index (χ4n) is 5.26. The number of amides is 3. The van der Waals surface area contributed by atoms with Gasteiger partial charge in [-0.15, -0.1) is 0 Å². The first-order valence-electron chi connectivity index (χ1n) is 10.7. The number of imide groups is 1. The molecule has 3 aliphatic rings. The van der Waals surface area contributed by atoms with E-state index in [0.29, 0.717) is 6.42 Å². The number of benzene rings is 2. The van der Waals surface area contributed by atoms with Crippen LogP contribution in [0.2, 0.25) is 5.02 Å². The lowest BCUT2D eigenvalue weighted by Crippen LogP contribution is -2.50. The Hall–Kier alpha value is -4.12. The minimum Gasteiger partial charge on any atom is -0.272 e. The van der Waals surface area contributed by atoms with Crippen molar-refractivity contribution in [3.8, 4) is 0 Å². The van der Waals surface area contributed by atoms with Crippen molar-refractivity contribution >= 4 is 40.7 Å². The first-order chi connectivity index (χ1) is 16.7. The molecule has 5 rings (SSSR count). The number of nitro groups is 2. The fourth-order valence-corrected chi connectivity index (χ4v) is 5.43. The number of hydrogen-bond acceptors (Lipinski definition) is 7. The van der Waals surface area contributed by atoms with Crippen LogP contribution in [0.3, 0.4) is 0 Å². The number of nitro benzene ring substituents is 2. The number of carbonyl (C=O) groups is 3. The smallest absolute Gasteiger partial charge is 0.272 e. The second-order valence-corrected chi connectivity index (χ2v) is 9.12. The van der Waals surface area contributed by atoms with Crippen molar-refractivity contribution in [1.82, 2.24) is 10.0 Å². The summed E-state index contributed by atoms with van der Waals surface area (Å²) < 4.78 is 0. The average molecular weight is 497 g/mol. The van der Waals surface area contributed by atoms with Crippen LogP contribution < -0.4 is 0 Å². The molecule has 0 spiro atoms. The summed E-state index contributed by atoms with van der Waals surface area (Å²) in [6, 6.07) is 8.70. The number of halogens is 1. The largest absolute Gasteiger partial charge is 0.275 e. The maximum Gasteiger partial charge on any atom is 0.275 e. The van der Waals surface area contributed by atoms with Crippen LogP contribution in [0, 0.1) is 43.9 Å². The van der Waals surface area contributed by atoms with Crippen molar-refractivity contribution in [2.75, 3.05) is 0 Å². The van der Waals surface area contributed by atoms with Crippen molar-refractivity contribution in [3.63, 3.8) is 0 Å². The summed E-state index contributed by atoms with van der Waals surface area (Å²) in [5, 5.41) is 24.6. The molecule has 178 valence electrons. The number of fused-ring (bicyclic) bond motifs is 5. The van der Waals surface area contributed by atoms with Crippen molar-refractivity contribution < 1.29 is 24.2 Å². The zero-order chi connectivity index (χ0) is 25.0. The molecule has 2 fully saturated rings. The summed E-state index contributed by atoms with van der Waals surface area (Å²) in [6.45, 7) is -0.491. The molecule has 2 bridgehead atoms. The third-order valence-corrected chi connectivity index (χ3v) is 7.03. The Morgan fingerprint density at radius 3 is 2.26 bits per heavy atom. The van der Waals surface area contributed by atoms with Crippen molar-refractivity contribution in [2.45, 2.75) is 13.0 Å². The van der Waals surface area contributed by atoms with Gasteiger partial charge in [0.2, 0.25) is 0 Å². The van der Waals surface area contributed by atoms with Crippen LogP contribution in [0.25, 0.3) is 0 Å². The molecule has 2 aliphatic carbocycles. The lowest BCUT2D eigenvalue weighted by molar-refractivity contribution is -0.385. The predicted molar refractivity (Wildman–Crippen MR) is 121 cm³/mol. The molecule has 1 heterocycles. The second kappa shape index (κ2) is 8.27. The van der Waals surface area contributed by atoms with Gasteiger partial charge in [0.05, 0.1) is 33.8 Å². The molecular weight excluding hydrogens is 480 g/mol. The molecule has 4 atom stereocenters. The normalized spacial score (nSPS) is 24.1. The lowest BCUT2D eigenvalue weighted by Gasteiger charge is -2.31. The van der Waals surface area contributed by atoms with E-state index >= 15 is 0 Å². The van der Waals surface area contributed by atoms with Crippen LogP contribution in [-0.2, 0) is 16.1 Å². The Bertz CT molecular complexity index is 1310. The summed E-state index contributed by atoms with van der Waals surface area (Å²) >= 11 is 5.91. The maximum atomic E-state index is 13.6. The zero-order valence-corrected chi connectivity index (χ0v) is 18.7. The number of allylic oxidation sites excluding steroid dienone is 2. The van der Waals surface area contributed by atoms with E-state index in [1.54, 1.807) is 0 Å². The molecule has 0 N–H and O–H groups in total. The lowest BCUT2D eigenvalue weighted by atomic mass is 9.85. The zero-order valence-electron chi connectivity index (χ0n) is 17.9. The Morgan fingerprint density at radius 2 is 1.66 bits per heavy atom. The highest BCUT2D eigenvalue weighted by atomic mass is 35.5. The molecule has 2 aromatic carbocycles. The number of carbonyl (C=O) groups excluding carboxylic acids is 3. The molecule has 1 saturated heterocycles. The summed E-state index contributed by atoms with van der Waals surface area (Å²) in [5.74, 6) is -3.46. The standard InChI is InChI=1S/C23H17ClN4O7/c24-16-7-6-15(18(10-16)28(34)35)11-25(21(29)14-2-1-3-17(9-14)27(32)33)26-22(30)19-12-4-5-13(8-12)20(19)23(26)31/h1-7,9-10,12-13,19-20H,8,11H2/t12-,13-,19-,20+/m0/s1. The molecular formula is C23H17ClN4O7. The maximum absolute atomic E-state index is 13.6. The van der Waals surface area contributed by atoms with E-state index in [4.69, 9.17) is 11.6 Å². The number of hydrogen-bond donors (Lipinski definition) is 0. The van der Waals surface area contributed by atoms with E-state index in [9.17, 15) is 34.6 Å². The van der Waals surface area contributed by atoms with E-state index < -0.39 is 51.6 Å². The summed E-state index contributed by atoms with van der Waals surface area (Å²) in [5.41, 5.74) is -0.853. The van der Waals surface area contributed by atoms with Crippen molar-refractivity contribution in [2.24, 2.45) is 23.7 Å². The van der Waals surface area contributed by atoms with Crippen LogP contribution in [0.1, 0.15) is 22.3 Å². The van der Waals surface area contributed by atoms with Gasteiger partial charge in [-0.1, -0.05) is 29.8 Å². The minimum absolute atomic E-state index is 0.0388. The average Bonchev–Trinajstić information content (AvgIpc) is 3.52. The highest BCUT2D eigenvalue weighted by Gasteiger charge is 2.61. The SMILES string of the molecule is O=C(c1cccc([N+](=O)[O-])c1)N(Cc1ccc(Cl)cc1[N+](=O)[O-])N1C(=O)[C@@H]2[C@H](C1=O)[C@H]1C=C[C@H]2C1. The molecule has 35 heavy (non-hydrogen) atoms. The Labute approximate surface area is 202 Å². The molecule has 1 saturated carbocycles. The fraction of sp³-hybridized carbons (Fsp3) is 0.261. The van der Waals surface area contributed by atoms with Crippen LogP contribution in [0.15, 0.2) is 54.6 Å². The molecule has 12 heteroatoms. The van der Waals surface area contributed by atoms with E-state index in [2.05, 4.69) is 0 Å². The third-order valence-electron chi connectivity index (χ3n) is 6.79. The van der Waals surface area contributed by atoms with Crippen molar-refractivity contribution in [3.05, 3.63) is 91.0 Å². The van der Waals surface area contributed by atoms with E-state index in [1.807, 2.05) is 12.2 Å². The number of non-ortho nitro benzene ring substituents is 1. The van der Waals surface area contributed by atoms with E-state index in [0.717, 1.165) is 22.2 Å². The Morgan fingerprint density at radius 1 is 1.00 bits per heavy atom. The topological polar surface area (TPSA) is 144 Å². The molecule has 0 aromatic heterocycles. The Kier molecular flexibility index (Phi) is 5.36. The molecule has 1 aliphatic heterocycles. The molecule has 3 amide bonds. The second-order valence-electron chi connectivity index (χ2n) is 8.69. The number of rotatable bonds is 6. The third kappa shape index (κ3) is 3.64. The quantitative estimate of drug-likeness (QED) is 0.257. The van der Waals surface area contributed by atoms with E-state index in [1.165, 1.54) is 30.3 Å². The van der Waals surface area contributed by atoms with Crippen molar-refractivity contribution in [1.29, 1.82) is 0 Å². The van der Waals surface area contributed by atoms with Crippen LogP contribution in [0.4, 0.5) is 11.4 Å². The van der Waals surface area contributed by atoms with Crippen LogP contribution >= 0.6 is 11.6 Å². The number of nitrogens with zero attached hydrogens (tertiary/aromatic N) is 4. The first-order valence-corrected chi connectivity index (χ1v) is 11.1. The number of hydrazine groups is 1. The summed E-state index contributed by atoms with van der Waals surface area (Å²) in [7, 11) is 0. The van der Waals surface area contributed by atoms with Gasteiger partial charge in [-0.3, -0.25) is 34.6 Å². The summed E-state index contributed by atoms with van der Waals surface area (Å²) in [6.07, 6.45) is 4.48. The van der Waals surface area contributed by atoms with Gasteiger partial charge in [-0.25, -0.2) is 5.01 Å². The first kappa shape index (κ1) is 22.7. The summed E-state index contributed by atoms with van der Waals surface area (Å²) in [4.78, 5) is 61.9. The van der Waals surface area contributed by atoms with Gasteiger partial charge in [0.1, 0.15) is 0 Å². The van der Waals surface area contributed by atoms with Crippen LogP contribution in [-0.4, -0.2) is 37.6 Å². The van der Waals surface area contributed by atoms with Crippen LogP contribution in [0.5, 0.6) is 0 Å². The van der Waals surface area contributed by atoms with Gasteiger partial charge in [0.15, 0.2) is 0 Å². The monoisotopic (exact) mass is 496 g/mol. The van der Waals surface area contributed by atoms with Gasteiger partial charge < -0.3 is 0 Å². The minimum atomic E-state index is -0.875. The van der Waals surface area contributed by atoms with Gasteiger partial charge in [-0.2, -0.15) is 5.01 Å². The van der Waals surface area contributed by atoms with Gasteiger partial charge >= 0.3 is 0 Å². The Balaban J connectivity index is 1.58. The van der Waals surface area contributed by atoms with E-state index in [-0.39, 0.29) is 33.7 Å². The highest BCUT2D eigenvalue weighted by Crippen LogP contribution is 2.53. The van der Waals surface area contributed by atoms with Gasteiger partial charge in [0, 0.05) is 28.8 Å². The molecule has 11 nitrogen and oxygen atoms in total. The van der Waals surface area contributed by atoms with Gasteiger partial charge in [-0.05, 0) is 36.5 Å². The van der Waals surface area contributed by atoms with Gasteiger partial charge in [0.25, 0.3) is 29.1 Å². The predicted octanol–water partition coefficient (Wildman–Crippen LogP) is 3.52. The molecule has 0 radical (unpaired) electrons. The highest BCUT2D eigenvalue weighted by molar-refractivity contribution is 6.30. The molecule has 2 aromatic rings.